The molecule has 0 aliphatic heterocycles. The van der Waals surface area contributed by atoms with E-state index in [1.165, 1.54) is 0 Å². The molecule has 0 spiro atoms. The first-order valence-corrected chi connectivity index (χ1v) is 6.39. The molecule has 0 atom stereocenters. The van der Waals surface area contributed by atoms with E-state index in [1.807, 2.05) is 12.1 Å². The molecule has 2 rings (SSSR count). The van der Waals surface area contributed by atoms with Gasteiger partial charge in [0, 0.05) is 16.2 Å². The van der Waals surface area contributed by atoms with Crippen molar-refractivity contribution in [2.45, 2.75) is 6.61 Å². The molecule has 5 heteroatoms. The average Bonchev–Trinajstić information content (AvgIpc) is 2.46. The number of pyridine rings is 1. The SMILES string of the molecule is COc1ncccc1COc1ccc(Br)c(C=O)c1. The van der Waals surface area contributed by atoms with Gasteiger partial charge in [-0.1, -0.05) is 15.9 Å². The van der Waals surface area contributed by atoms with E-state index in [0.29, 0.717) is 23.8 Å². The van der Waals surface area contributed by atoms with Crippen LogP contribution in [0.5, 0.6) is 11.6 Å². The van der Waals surface area contributed by atoms with Crippen molar-refractivity contribution in [1.29, 1.82) is 0 Å². The minimum Gasteiger partial charge on any atom is -0.489 e. The van der Waals surface area contributed by atoms with Crippen molar-refractivity contribution in [3.05, 3.63) is 52.1 Å². The van der Waals surface area contributed by atoms with Crippen LogP contribution in [0.15, 0.2) is 41.0 Å². The number of carbonyl (C=O) groups excluding carboxylic acids is 1. The molecule has 1 aromatic heterocycles. The van der Waals surface area contributed by atoms with Crippen molar-refractivity contribution in [3.63, 3.8) is 0 Å². The van der Waals surface area contributed by atoms with Gasteiger partial charge in [-0.25, -0.2) is 4.98 Å². The van der Waals surface area contributed by atoms with Crippen LogP contribution in [0.4, 0.5) is 0 Å². The highest BCUT2D eigenvalue weighted by atomic mass is 79.9. The largest absolute Gasteiger partial charge is 0.489 e. The number of carbonyl (C=O) groups is 1. The third kappa shape index (κ3) is 3.32. The standard InChI is InChI=1S/C14H12BrNO3/c1-18-14-10(3-2-6-16-14)9-19-12-4-5-13(15)11(7-12)8-17/h2-8H,9H2,1H3. The molecule has 0 saturated heterocycles. The molecule has 0 bridgehead atoms. The fraction of sp³-hybridized carbons (Fsp3) is 0.143. The Morgan fingerprint density at radius 2 is 2.21 bits per heavy atom. The van der Waals surface area contributed by atoms with Gasteiger partial charge in [0.1, 0.15) is 12.4 Å². The number of rotatable bonds is 5. The Labute approximate surface area is 119 Å². The number of benzene rings is 1. The Morgan fingerprint density at radius 1 is 1.37 bits per heavy atom. The van der Waals surface area contributed by atoms with Crippen LogP contribution in [0.2, 0.25) is 0 Å². The molecule has 2 aromatic rings. The first-order chi connectivity index (χ1) is 9.24. The van der Waals surface area contributed by atoms with Gasteiger partial charge in [-0.05, 0) is 30.3 Å². The predicted octanol–water partition coefficient (Wildman–Crippen LogP) is 3.24. The van der Waals surface area contributed by atoms with Gasteiger partial charge in [0.05, 0.1) is 12.7 Å². The quantitative estimate of drug-likeness (QED) is 0.793. The molecule has 0 radical (unpaired) electrons. The summed E-state index contributed by atoms with van der Waals surface area (Å²) >= 11 is 3.29. The zero-order valence-electron chi connectivity index (χ0n) is 10.3. The molecule has 1 aromatic carbocycles. The molecular formula is C14H12BrNO3. The summed E-state index contributed by atoms with van der Waals surface area (Å²) in [7, 11) is 1.57. The summed E-state index contributed by atoms with van der Waals surface area (Å²) in [5.74, 6) is 1.16. The Morgan fingerprint density at radius 3 is 2.95 bits per heavy atom. The lowest BCUT2D eigenvalue weighted by Gasteiger charge is -2.09. The summed E-state index contributed by atoms with van der Waals surface area (Å²) in [4.78, 5) is 14.9. The number of halogens is 1. The summed E-state index contributed by atoms with van der Waals surface area (Å²) in [6.07, 6.45) is 2.44. The molecule has 98 valence electrons. The monoisotopic (exact) mass is 321 g/mol. The van der Waals surface area contributed by atoms with E-state index in [2.05, 4.69) is 20.9 Å². The molecule has 0 unspecified atom stereocenters. The van der Waals surface area contributed by atoms with Crippen LogP contribution in [0.1, 0.15) is 15.9 Å². The number of aromatic nitrogens is 1. The van der Waals surface area contributed by atoms with Gasteiger partial charge in [0.25, 0.3) is 0 Å². The molecular weight excluding hydrogens is 310 g/mol. The molecule has 0 aliphatic rings. The van der Waals surface area contributed by atoms with Gasteiger partial charge in [-0.2, -0.15) is 0 Å². The maximum absolute atomic E-state index is 10.8. The minimum atomic E-state index is 0.330. The number of hydrogen-bond acceptors (Lipinski definition) is 4. The highest BCUT2D eigenvalue weighted by Gasteiger charge is 2.05. The van der Waals surface area contributed by atoms with E-state index in [4.69, 9.17) is 9.47 Å². The van der Waals surface area contributed by atoms with Crippen LogP contribution in [-0.4, -0.2) is 18.4 Å². The van der Waals surface area contributed by atoms with Gasteiger partial charge >= 0.3 is 0 Å². The topological polar surface area (TPSA) is 48.4 Å². The summed E-state index contributed by atoms with van der Waals surface area (Å²) in [5, 5.41) is 0. The van der Waals surface area contributed by atoms with Gasteiger partial charge in [-0.3, -0.25) is 4.79 Å². The highest BCUT2D eigenvalue weighted by Crippen LogP contribution is 2.23. The lowest BCUT2D eigenvalue weighted by molar-refractivity contribution is 0.112. The third-order valence-electron chi connectivity index (χ3n) is 2.53. The number of aldehydes is 1. The third-order valence-corrected chi connectivity index (χ3v) is 3.25. The van der Waals surface area contributed by atoms with E-state index in [0.717, 1.165) is 16.3 Å². The van der Waals surface area contributed by atoms with Crippen molar-refractivity contribution < 1.29 is 14.3 Å². The first kappa shape index (κ1) is 13.5. The summed E-state index contributed by atoms with van der Waals surface area (Å²) in [6.45, 7) is 0.330. The predicted molar refractivity (Wildman–Crippen MR) is 74.7 cm³/mol. The molecule has 0 fully saturated rings. The molecule has 1 heterocycles. The van der Waals surface area contributed by atoms with Gasteiger partial charge in [-0.15, -0.1) is 0 Å². The smallest absolute Gasteiger partial charge is 0.219 e. The molecule has 0 aliphatic carbocycles. The van der Waals surface area contributed by atoms with Crippen LogP contribution in [0.3, 0.4) is 0 Å². The van der Waals surface area contributed by atoms with Crippen LogP contribution in [0.25, 0.3) is 0 Å². The van der Waals surface area contributed by atoms with Crippen LogP contribution in [-0.2, 0) is 6.61 Å². The van der Waals surface area contributed by atoms with Crippen molar-refractivity contribution >= 4 is 22.2 Å². The molecule has 0 N–H and O–H groups in total. The highest BCUT2D eigenvalue weighted by molar-refractivity contribution is 9.10. The van der Waals surface area contributed by atoms with Crippen molar-refractivity contribution in [1.82, 2.24) is 4.98 Å². The van der Waals surface area contributed by atoms with Gasteiger partial charge in [0.15, 0.2) is 6.29 Å². The maximum Gasteiger partial charge on any atom is 0.219 e. The summed E-state index contributed by atoms with van der Waals surface area (Å²) in [5.41, 5.74) is 1.40. The van der Waals surface area contributed by atoms with E-state index in [-0.39, 0.29) is 0 Å². The number of nitrogens with zero attached hydrogens (tertiary/aromatic N) is 1. The lowest BCUT2D eigenvalue weighted by Crippen LogP contribution is -2.00. The Kier molecular flexibility index (Phi) is 4.52. The van der Waals surface area contributed by atoms with E-state index >= 15 is 0 Å². The van der Waals surface area contributed by atoms with Gasteiger partial charge in [0.2, 0.25) is 5.88 Å². The van der Waals surface area contributed by atoms with Crippen molar-refractivity contribution in [3.8, 4) is 11.6 Å². The van der Waals surface area contributed by atoms with Crippen molar-refractivity contribution in [2.75, 3.05) is 7.11 Å². The van der Waals surface area contributed by atoms with Crippen LogP contribution >= 0.6 is 15.9 Å². The van der Waals surface area contributed by atoms with E-state index in [9.17, 15) is 4.79 Å². The minimum absolute atomic E-state index is 0.330. The zero-order chi connectivity index (χ0) is 13.7. The van der Waals surface area contributed by atoms with Crippen molar-refractivity contribution in [2.24, 2.45) is 0 Å². The van der Waals surface area contributed by atoms with E-state index < -0.39 is 0 Å². The lowest BCUT2D eigenvalue weighted by atomic mass is 10.2. The number of methoxy groups -OCH3 is 1. The van der Waals surface area contributed by atoms with Crippen LogP contribution < -0.4 is 9.47 Å². The summed E-state index contributed by atoms with van der Waals surface area (Å²) in [6, 6.07) is 8.95. The number of ether oxygens (including phenoxy) is 2. The van der Waals surface area contributed by atoms with E-state index in [1.54, 1.807) is 31.5 Å². The normalized spacial score (nSPS) is 10.0. The van der Waals surface area contributed by atoms with Crippen LogP contribution in [0, 0.1) is 0 Å². The fourth-order valence-electron chi connectivity index (χ4n) is 1.58. The summed E-state index contributed by atoms with van der Waals surface area (Å²) < 4.78 is 11.5. The zero-order valence-corrected chi connectivity index (χ0v) is 11.9. The number of hydrogen-bond donors (Lipinski definition) is 0. The second kappa shape index (κ2) is 6.33. The second-order valence-corrected chi connectivity index (χ2v) is 4.62. The molecule has 19 heavy (non-hydrogen) atoms. The Hall–Kier alpha value is -1.88. The average molecular weight is 322 g/mol. The Balaban J connectivity index is 2.12. The van der Waals surface area contributed by atoms with Gasteiger partial charge < -0.3 is 9.47 Å². The molecule has 4 nitrogen and oxygen atoms in total. The second-order valence-electron chi connectivity index (χ2n) is 3.76. The Bertz CT molecular complexity index is 587. The first-order valence-electron chi connectivity index (χ1n) is 5.60. The fourth-order valence-corrected chi connectivity index (χ4v) is 1.92. The maximum atomic E-state index is 10.8. The molecule has 0 amide bonds. The molecule has 0 saturated carbocycles.